The summed E-state index contributed by atoms with van der Waals surface area (Å²) in [6.07, 6.45) is 2.27. The summed E-state index contributed by atoms with van der Waals surface area (Å²) in [6.45, 7) is 6.50. The number of rotatable bonds is 4. The normalized spacial score (nSPS) is 13.2. The van der Waals surface area contributed by atoms with Gasteiger partial charge >= 0.3 is 0 Å². The highest BCUT2D eigenvalue weighted by molar-refractivity contribution is 9.10. The topological polar surface area (TPSA) is 26.0 Å². The average Bonchev–Trinajstić information content (AvgIpc) is 2.19. The van der Waals surface area contributed by atoms with Crippen molar-refractivity contribution in [3.8, 4) is 0 Å². The lowest BCUT2D eigenvalue weighted by molar-refractivity contribution is 0.404. The van der Waals surface area contributed by atoms with E-state index in [1.165, 1.54) is 11.1 Å². The molecule has 1 atom stereocenters. The van der Waals surface area contributed by atoms with Gasteiger partial charge in [0.2, 0.25) is 0 Å². The zero-order chi connectivity index (χ0) is 11.4. The SMILES string of the molecule is CCC(CC)C(N)c1ccc(C)cc1Br. The molecule has 0 aliphatic rings. The van der Waals surface area contributed by atoms with Crippen LogP contribution in [0, 0.1) is 12.8 Å². The molecular weight excluding hydrogens is 250 g/mol. The van der Waals surface area contributed by atoms with Crippen molar-refractivity contribution in [2.45, 2.75) is 39.7 Å². The maximum atomic E-state index is 6.28. The maximum Gasteiger partial charge on any atom is 0.0334 e. The molecule has 1 aromatic carbocycles. The molecule has 15 heavy (non-hydrogen) atoms. The second kappa shape index (κ2) is 5.66. The third-order valence-electron chi connectivity index (χ3n) is 3.07. The van der Waals surface area contributed by atoms with E-state index in [2.05, 4.69) is 54.9 Å². The van der Waals surface area contributed by atoms with Crippen LogP contribution in [0.4, 0.5) is 0 Å². The van der Waals surface area contributed by atoms with Gasteiger partial charge in [-0.25, -0.2) is 0 Å². The quantitative estimate of drug-likeness (QED) is 0.872. The van der Waals surface area contributed by atoms with Gasteiger partial charge in [-0.15, -0.1) is 0 Å². The summed E-state index contributed by atoms with van der Waals surface area (Å²) >= 11 is 3.59. The minimum Gasteiger partial charge on any atom is -0.324 e. The van der Waals surface area contributed by atoms with E-state index < -0.39 is 0 Å². The van der Waals surface area contributed by atoms with Crippen LogP contribution < -0.4 is 5.73 Å². The predicted octanol–water partition coefficient (Wildman–Crippen LogP) is 4.19. The Morgan fingerprint density at radius 3 is 2.33 bits per heavy atom. The van der Waals surface area contributed by atoms with E-state index in [1.807, 2.05) is 0 Å². The molecule has 0 radical (unpaired) electrons. The van der Waals surface area contributed by atoms with E-state index in [9.17, 15) is 0 Å². The Hall–Kier alpha value is -0.340. The molecule has 0 aliphatic heterocycles. The van der Waals surface area contributed by atoms with Crippen molar-refractivity contribution >= 4 is 15.9 Å². The predicted molar refractivity (Wildman–Crippen MR) is 69.9 cm³/mol. The molecule has 1 rings (SSSR count). The first-order valence-electron chi connectivity index (χ1n) is 5.61. The second-order valence-electron chi connectivity index (χ2n) is 4.13. The van der Waals surface area contributed by atoms with Crippen molar-refractivity contribution in [3.05, 3.63) is 33.8 Å². The summed E-state index contributed by atoms with van der Waals surface area (Å²) in [5, 5.41) is 0. The lowest BCUT2D eigenvalue weighted by Crippen LogP contribution is -2.20. The van der Waals surface area contributed by atoms with Crippen LogP contribution in [-0.2, 0) is 0 Å². The molecule has 1 nitrogen and oxygen atoms in total. The van der Waals surface area contributed by atoms with E-state index in [-0.39, 0.29) is 6.04 Å². The zero-order valence-electron chi connectivity index (χ0n) is 9.76. The zero-order valence-corrected chi connectivity index (χ0v) is 11.3. The number of benzene rings is 1. The summed E-state index contributed by atoms with van der Waals surface area (Å²) in [6, 6.07) is 6.55. The van der Waals surface area contributed by atoms with Crippen LogP contribution in [0.3, 0.4) is 0 Å². The summed E-state index contributed by atoms with van der Waals surface area (Å²) in [5.41, 5.74) is 8.78. The van der Waals surface area contributed by atoms with Gasteiger partial charge in [0.25, 0.3) is 0 Å². The first kappa shape index (κ1) is 12.7. The largest absolute Gasteiger partial charge is 0.324 e. The lowest BCUT2D eigenvalue weighted by Gasteiger charge is -2.22. The van der Waals surface area contributed by atoms with Crippen LogP contribution in [0.25, 0.3) is 0 Å². The van der Waals surface area contributed by atoms with Crippen LogP contribution in [0.2, 0.25) is 0 Å². The number of hydrogen-bond donors (Lipinski definition) is 1. The van der Waals surface area contributed by atoms with Gasteiger partial charge in [-0.3, -0.25) is 0 Å². The first-order chi connectivity index (χ1) is 7.10. The molecule has 2 heteroatoms. The lowest BCUT2D eigenvalue weighted by atomic mass is 9.89. The molecule has 0 saturated carbocycles. The summed E-state index contributed by atoms with van der Waals surface area (Å²) < 4.78 is 1.14. The molecule has 0 bridgehead atoms. The highest BCUT2D eigenvalue weighted by Gasteiger charge is 2.17. The standard InChI is InChI=1S/C13H20BrN/c1-4-10(5-2)13(15)11-7-6-9(3)8-12(11)14/h6-8,10,13H,4-5,15H2,1-3H3. The number of halogens is 1. The molecule has 0 spiro atoms. The third kappa shape index (κ3) is 3.05. The Morgan fingerprint density at radius 1 is 1.27 bits per heavy atom. The smallest absolute Gasteiger partial charge is 0.0334 e. The summed E-state index contributed by atoms with van der Waals surface area (Å²) in [4.78, 5) is 0. The van der Waals surface area contributed by atoms with Gasteiger partial charge < -0.3 is 5.73 Å². The Balaban J connectivity index is 2.94. The van der Waals surface area contributed by atoms with Gasteiger partial charge in [0.15, 0.2) is 0 Å². The highest BCUT2D eigenvalue weighted by atomic mass is 79.9. The minimum atomic E-state index is 0.148. The Kier molecular flexibility index (Phi) is 4.81. The monoisotopic (exact) mass is 269 g/mol. The van der Waals surface area contributed by atoms with Crippen LogP contribution in [0.1, 0.15) is 43.9 Å². The van der Waals surface area contributed by atoms with Gasteiger partial charge in [0, 0.05) is 10.5 Å². The molecule has 0 amide bonds. The molecular formula is C13H20BrN. The van der Waals surface area contributed by atoms with E-state index in [0.717, 1.165) is 17.3 Å². The van der Waals surface area contributed by atoms with Crippen molar-refractivity contribution in [2.24, 2.45) is 11.7 Å². The third-order valence-corrected chi connectivity index (χ3v) is 3.76. The van der Waals surface area contributed by atoms with Crippen molar-refractivity contribution in [1.29, 1.82) is 0 Å². The van der Waals surface area contributed by atoms with Crippen molar-refractivity contribution in [3.63, 3.8) is 0 Å². The molecule has 1 aromatic rings. The highest BCUT2D eigenvalue weighted by Crippen LogP contribution is 2.30. The summed E-state index contributed by atoms with van der Waals surface area (Å²) in [5.74, 6) is 0.573. The number of nitrogens with two attached hydrogens (primary N) is 1. The minimum absolute atomic E-state index is 0.148. The van der Waals surface area contributed by atoms with Gasteiger partial charge in [-0.05, 0) is 30.0 Å². The fourth-order valence-electron chi connectivity index (χ4n) is 1.95. The first-order valence-corrected chi connectivity index (χ1v) is 6.41. The molecule has 0 heterocycles. The fraction of sp³-hybridized carbons (Fsp3) is 0.538. The molecule has 0 aromatic heterocycles. The maximum absolute atomic E-state index is 6.28. The summed E-state index contributed by atoms with van der Waals surface area (Å²) in [7, 11) is 0. The Morgan fingerprint density at radius 2 is 1.87 bits per heavy atom. The Labute approximate surface area is 101 Å². The number of hydrogen-bond acceptors (Lipinski definition) is 1. The van der Waals surface area contributed by atoms with E-state index in [0.29, 0.717) is 5.92 Å². The molecule has 0 fully saturated rings. The van der Waals surface area contributed by atoms with Crippen LogP contribution >= 0.6 is 15.9 Å². The molecule has 0 saturated heterocycles. The van der Waals surface area contributed by atoms with Gasteiger partial charge in [-0.2, -0.15) is 0 Å². The second-order valence-corrected chi connectivity index (χ2v) is 4.98. The Bertz CT molecular complexity index is 318. The fourth-order valence-corrected chi connectivity index (χ4v) is 2.71. The van der Waals surface area contributed by atoms with Crippen LogP contribution in [0.5, 0.6) is 0 Å². The van der Waals surface area contributed by atoms with Crippen molar-refractivity contribution in [2.75, 3.05) is 0 Å². The van der Waals surface area contributed by atoms with Gasteiger partial charge in [0.1, 0.15) is 0 Å². The van der Waals surface area contributed by atoms with Gasteiger partial charge in [-0.1, -0.05) is 54.8 Å². The van der Waals surface area contributed by atoms with Crippen molar-refractivity contribution < 1.29 is 0 Å². The molecule has 1 unspecified atom stereocenters. The molecule has 0 aliphatic carbocycles. The van der Waals surface area contributed by atoms with E-state index >= 15 is 0 Å². The number of aryl methyl sites for hydroxylation is 1. The average molecular weight is 270 g/mol. The van der Waals surface area contributed by atoms with Gasteiger partial charge in [0.05, 0.1) is 0 Å². The van der Waals surface area contributed by atoms with E-state index in [4.69, 9.17) is 5.73 Å². The van der Waals surface area contributed by atoms with Crippen LogP contribution in [-0.4, -0.2) is 0 Å². The van der Waals surface area contributed by atoms with Crippen molar-refractivity contribution in [1.82, 2.24) is 0 Å². The van der Waals surface area contributed by atoms with E-state index in [1.54, 1.807) is 0 Å². The molecule has 84 valence electrons. The van der Waals surface area contributed by atoms with Crippen LogP contribution in [0.15, 0.2) is 22.7 Å². The molecule has 2 N–H and O–H groups in total.